The van der Waals surface area contributed by atoms with E-state index in [9.17, 15) is 9.59 Å². The molecule has 2 amide bonds. The molecule has 2 aromatic carbocycles. The third-order valence-corrected chi connectivity index (χ3v) is 4.98. The number of pyridine rings is 1. The maximum atomic E-state index is 12.4. The minimum Gasteiger partial charge on any atom is -0.378 e. The predicted octanol–water partition coefficient (Wildman–Crippen LogP) is 3.33. The van der Waals surface area contributed by atoms with Crippen LogP contribution in [0.1, 0.15) is 20.8 Å². The third kappa shape index (κ3) is 2.16. The zero-order valence-corrected chi connectivity index (χ0v) is 14.8. The SMILES string of the molecule is CN(C)c1ccc(-c2nc3c(c4c2[nH]c2ccccc24)C(=O)NC3=O)cc1. The summed E-state index contributed by atoms with van der Waals surface area (Å²) in [4.78, 5) is 34.7. The van der Waals surface area contributed by atoms with Gasteiger partial charge in [0.05, 0.1) is 16.8 Å². The van der Waals surface area contributed by atoms with Gasteiger partial charge in [0.15, 0.2) is 0 Å². The quantitative estimate of drug-likeness (QED) is 0.540. The highest BCUT2D eigenvalue weighted by molar-refractivity contribution is 6.30. The molecule has 5 rings (SSSR count). The molecular formula is C21H16N4O2. The van der Waals surface area contributed by atoms with Gasteiger partial charge in [-0.25, -0.2) is 4.98 Å². The van der Waals surface area contributed by atoms with Gasteiger partial charge in [-0.15, -0.1) is 0 Å². The molecule has 2 N–H and O–H groups in total. The Balaban J connectivity index is 1.88. The van der Waals surface area contributed by atoms with Gasteiger partial charge >= 0.3 is 0 Å². The van der Waals surface area contributed by atoms with Gasteiger partial charge in [-0.1, -0.05) is 30.3 Å². The largest absolute Gasteiger partial charge is 0.378 e. The van der Waals surface area contributed by atoms with Crippen molar-refractivity contribution in [1.82, 2.24) is 15.3 Å². The molecule has 27 heavy (non-hydrogen) atoms. The Hall–Kier alpha value is -3.67. The van der Waals surface area contributed by atoms with E-state index in [1.165, 1.54) is 0 Å². The number of benzene rings is 2. The lowest BCUT2D eigenvalue weighted by Crippen LogP contribution is -2.20. The van der Waals surface area contributed by atoms with Crippen LogP contribution in [-0.4, -0.2) is 35.9 Å². The first-order chi connectivity index (χ1) is 13.0. The molecule has 6 nitrogen and oxygen atoms in total. The molecule has 4 aromatic rings. The number of imide groups is 1. The van der Waals surface area contributed by atoms with Crippen LogP contribution in [0.2, 0.25) is 0 Å². The molecule has 0 saturated carbocycles. The highest BCUT2D eigenvalue weighted by Crippen LogP contribution is 2.37. The first-order valence-corrected chi connectivity index (χ1v) is 8.62. The van der Waals surface area contributed by atoms with E-state index in [1.807, 2.05) is 67.5 Å². The van der Waals surface area contributed by atoms with Gasteiger partial charge in [0.2, 0.25) is 0 Å². The van der Waals surface area contributed by atoms with Crippen LogP contribution >= 0.6 is 0 Å². The number of para-hydroxylation sites is 1. The number of nitrogens with zero attached hydrogens (tertiary/aromatic N) is 2. The summed E-state index contributed by atoms with van der Waals surface area (Å²) in [6.07, 6.45) is 0. The Morgan fingerprint density at radius 3 is 2.37 bits per heavy atom. The van der Waals surface area contributed by atoms with Crippen molar-refractivity contribution in [2.75, 3.05) is 19.0 Å². The second-order valence-electron chi connectivity index (χ2n) is 6.83. The van der Waals surface area contributed by atoms with E-state index < -0.39 is 11.8 Å². The number of anilines is 1. The monoisotopic (exact) mass is 356 g/mol. The Morgan fingerprint density at radius 1 is 0.889 bits per heavy atom. The summed E-state index contributed by atoms with van der Waals surface area (Å²) < 4.78 is 0. The van der Waals surface area contributed by atoms with Crippen LogP contribution in [0.25, 0.3) is 33.1 Å². The van der Waals surface area contributed by atoms with Crippen LogP contribution in [0.3, 0.4) is 0 Å². The van der Waals surface area contributed by atoms with Crippen LogP contribution in [-0.2, 0) is 0 Å². The maximum absolute atomic E-state index is 12.4. The lowest BCUT2D eigenvalue weighted by molar-refractivity contribution is 0.0878. The molecule has 0 radical (unpaired) electrons. The van der Waals surface area contributed by atoms with Gasteiger partial charge in [0.25, 0.3) is 11.8 Å². The normalized spacial score (nSPS) is 13.3. The van der Waals surface area contributed by atoms with E-state index in [0.717, 1.165) is 33.1 Å². The fourth-order valence-electron chi connectivity index (χ4n) is 3.66. The average molecular weight is 356 g/mol. The maximum Gasteiger partial charge on any atom is 0.277 e. The van der Waals surface area contributed by atoms with E-state index in [0.29, 0.717) is 11.3 Å². The van der Waals surface area contributed by atoms with Crippen LogP contribution in [0, 0.1) is 0 Å². The van der Waals surface area contributed by atoms with Crippen molar-refractivity contribution in [2.24, 2.45) is 0 Å². The number of fused-ring (bicyclic) bond motifs is 5. The number of aromatic nitrogens is 2. The van der Waals surface area contributed by atoms with Crippen LogP contribution in [0.5, 0.6) is 0 Å². The fraction of sp³-hybridized carbons (Fsp3) is 0.0952. The molecule has 0 saturated heterocycles. The van der Waals surface area contributed by atoms with Gasteiger partial charge < -0.3 is 9.88 Å². The number of hydrogen-bond donors (Lipinski definition) is 2. The molecule has 2 aromatic heterocycles. The summed E-state index contributed by atoms with van der Waals surface area (Å²) in [5, 5.41) is 4.02. The first-order valence-electron chi connectivity index (χ1n) is 8.62. The Kier molecular flexibility index (Phi) is 3.12. The standard InChI is InChI=1S/C21H16N4O2/c1-25(2)12-9-7-11(8-10-12)17-18-15(13-5-3-4-6-14(13)22-18)16-19(23-17)21(27)24-20(16)26/h3-10,22H,1-2H3,(H,24,26,27). The van der Waals surface area contributed by atoms with Gasteiger partial charge in [-0.2, -0.15) is 0 Å². The predicted molar refractivity (Wildman–Crippen MR) is 105 cm³/mol. The lowest BCUT2D eigenvalue weighted by atomic mass is 10.0. The molecule has 0 spiro atoms. The molecule has 0 fully saturated rings. The number of hydrogen-bond acceptors (Lipinski definition) is 4. The summed E-state index contributed by atoms with van der Waals surface area (Å²) >= 11 is 0. The number of amides is 2. The fourth-order valence-corrected chi connectivity index (χ4v) is 3.66. The van der Waals surface area contributed by atoms with E-state index in [-0.39, 0.29) is 5.69 Å². The highest BCUT2D eigenvalue weighted by atomic mass is 16.2. The van der Waals surface area contributed by atoms with Crippen LogP contribution in [0.15, 0.2) is 48.5 Å². The third-order valence-electron chi connectivity index (χ3n) is 4.98. The topological polar surface area (TPSA) is 78.1 Å². The smallest absolute Gasteiger partial charge is 0.277 e. The van der Waals surface area contributed by atoms with Crippen LogP contribution < -0.4 is 10.2 Å². The molecule has 6 heteroatoms. The van der Waals surface area contributed by atoms with E-state index in [1.54, 1.807) is 0 Å². The summed E-state index contributed by atoms with van der Waals surface area (Å²) in [7, 11) is 3.96. The molecule has 0 aliphatic carbocycles. The molecule has 132 valence electrons. The van der Waals surface area contributed by atoms with Crippen LogP contribution in [0.4, 0.5) is 5.69 Å². The van der Waals surface area contributed by atoms with E-state index in [2.05, 4.69) is 15.3 Å². The molecular weight excluding hydrogens is 340 g/mol. The Labute approximate surface area is 154 Å². The second kappa shape index (κ2) is 5.41. The summed E-state index contributed by atoms with van der Waals surface area (Å²) in [6, 6.07) is 15.7. The minimum absolute atomic E-state index is 0.184. The molecule has 3 heterocycles. The second-order valence-corrected chi connectivity index (χ2v) is 6.83. The van der Waals surface area contributed by atoms with Gasteiger partial charge in [-0.05, 0) is 18.2 Å². The van der Waals surface area contributed by atoms with Crippen molar-refractivity contribution in [1.29, 1.82) is 0 Å². The van der Waals surface area contributed by atoms with Gasteiger partial charge in [0.1, 0.15) is 5.69 Å². The summed E-state index contributed by atoms with van der Waals surface area (Å²) in [5.41, 5.74) is 4.81. The van der Waals surface area contributed by atoms with Crippen molar-refractivity contribution < 1.29 is 9.59 Å². The van der Waals surface area contributed by atoms with Crippen molar-refractivity contribution in [2.45, 2.75) is 0 Å². The molecule has 0 unspecified atom stereocenters. The first kappa shape index (κ1) is 15.6. The molecule has 0 bridgehead atoms. The van der Waals surface area contributed by atoms with Gasteiger partial charge in [0, 0.05) is 41.6 Å². The van der Waals surface area contributed by atoms with Crippen molar-refractivity contribution in [3.63, 3.8) is 0 Å². The Bertz CT molecular complexity index is 1250. The number of carbonyl (C=O) groups is 2. The summed E-state index contributed by atoms with van der Waals surface area (Å²) in [6.45, 7) is 0. The number of aromatic amines is 1. The minimum atomic E-state index is -0.451. The van der Waals surface area contributed by atoms with Crippen molar-refractivity contribution in [3.8, 4) is 11.3 Å². The summed E-state index contributed by atoms with van der Waals surface area (Å²) in [5.74, 6) is -0.847. The highest BCUT2D eigenvalue weighted by Gasteiger charge is 2.33. The van der Waals surface area contributed by atoms with Crippen molar-refractivity contribution in [3.05, 3.63) is 59.8 Å². The zero-order chi connectivity index (χ0) is 18.7. The number of nitrogens with one attached hydrogen (secondary N) is 2. The molecule has 1 aliphatic heterocycles. The number of H-pyrrole nitrogens is 1. The van der Waals surface area contributed by atoms with Crippen molar-refractivity contribution >= 4 is 39.3 Å². The average Bonchev–Trinajstić information content (AvgIpc) is 3.18. The number of rotatable bonds is 2. The lowest BCUT2D eigenvalue weighted by Gasteiger charge is -2.13. The molecule has 1 aliphatic rings. The number of carbonyl (C=O) groups excluding carboxylic acids is 2. The van der Waals surface area contributed by atoms with E-state index in [4.69, 9.17) is 0 Å². The van der Waals surface area contributed by atoms with Gasteiger partial charge in [-0.3, -0.25) is 14.9 Å². The molecule has 0 atom stereocenters. The van der Waals surface area contributed by atoms with E-state index >= 15 is 0 Å². The zero-order valence-electron chi connectivity index (χ0n) is 14.8. The Morgan fingerprint density at radius 2 is 1.63 bits per heavy atom.